The van der Waals surface area contributed by atoms with E-state index >= 15 is 0 Å². The van der Waals surface area contributed by atoms with E-state index < -0.39 is 4.92 Å². The van der Waals surface area contributed by atoms with Crippen LogP contribution in [0, 0.1) is 10.1 Å². The van der Waals surface area contributed by atoms with Gasteiger partial charge in [-0.3, -0.25) is 19.8 Å². The molecular formula is C20H11ClN2O4S2. The zero-order valence-electron chi connectivity index (χ0n) is 14.6. The molecule has 0 saturated carbocycles. The number of hydrogen-bond donors (Lipinski definition) is 0. The summed E-state index contributed by atoms with van der Waals surface area (Å²) in [6.07, 6.45) is 1.61. The quantitative estimate of drug-likeness (QED) is 0.216. The van der Waals surface area contributed by atoms with Crippen molar-refractivity contribution in [3.63, 3.8) is 0 Å². The van der Waals surface area contributed by atoms with Crippen molar-refractivity contribution in [2.24, 2.45) is 0 Å². The average molecular weight is 443 g/mol. The molecule has 0 atom stereocenters. The summed E-state index contributed by atoms with van der Waals surface area (Å²) in [5.41, 5.74) is 1.10. The van der Waals surface area contributed by atoms with Crippen LogP contribution in [-0.2, 0) is 4.79 Å². The normalized spacial score (nSPS) is 15.3. The second kappa shape index (κ2) is 7.82. The lowest BCUT2D eigenvalue weighted by Gasteiger charge is -2.13. The number of anilines is 1. The van der Waals surface area contributed by atoms with E-state index in [0.29, 0.717) is 31.5 Å². The Kier molecular flexibility index (Phi) is 5.23. The topological polar surface area (TPSA) is 76.6 Å². The fraction of sp³-hybridized carbons (Fsp3) is 0. The maximum atomic E-state index is 12.8. The van der Waals surface area contributed by atoms with Gasteiger partial charge in [-0.2, -0.15) is 0 Å². The summed E-state index contributed by atoms with van der Waals surface area (Å²) in [7, 11) is 0. The minimum atomic E-state index is -0.516. The van der Waals surface area contributed by atoms with E-state index in [9.17, 15) is 14.9 Å². The second-order valence-electron chi connectivity index (χ2n) is 6.00. The molecule has 6 nitrogen and oxygen atoms in total. The molecule has 1 amide bonds. The second-order valence-corrected chi connectivity index (χ2v) is 8.12. The fourth-order valence-corrected chi connectivity index (χ4v) is 4.17. The lowest BCUT2D eigenvalue weighted by atomic mass is 10.2. The predicted octanol–water partition coefficient (Wildman–Crippen LogP) is 5.91. The molecule has 144 valence electrons. The third-order valence-electron chi connectivity index (χ3n) is 4.12. The SMILES string of the molecule is O=C1/C(=C/c2ccc(-c3ccc(Cl)cc3)o2)SC(=S)N1c1cccc([N+](=O)[O-])c1. The number of benzene rings is 2. The van der Waals surface area contributed by atoms with E-state index in [2.05, 4.69) is 0 Å². The molecule has 1 saturated heterocycles. The molecule has 1 aliphatic heterocycles. The van der Waals surface area contributed by atoms with Crippen molar-refractivity contribution in [3.8, 4) is 11.3 Å². The molecule has 2 aromatic carbocycles. The monoisotopic (exact) mass is 442 g/mol. The number of carbonyl (C=O) groups excluding carboxylic acids is 1. The maximum absolute atomic E-state index is 12.8. The summed E-state index contributed by atoms with van der Waals surface area (Å²) < 4.78 is 6.11. The number of nitro groups is 1. The van der Waals surface area contributed by atoms with Crippen molar-refractivity contribution >= 4 is 63.3 Å². The van der Waals surface area contributed by atoms with Crippen LogP contribution in [0.5, 0.6) is 0 Å². The maximum Gasteiger partial charge on any atom is 0.271 e. The molecule has 9 heteroatoms. The molecule has 1 aliphatic rings. The van der Waals surface area contributed by atoms with Crippen molar-refractivity contribution < 1.29 is 14.1 Å². The lowest BCUT2D eigenvalue weighted by Crippen LogP contribution is -2.27. The molecule has 29 heavy (non-hydrogen) atoms. The van der Waals surface area contributed by atoms with Crippen molar-refractivity contribution in [1.82, 2.24) is 0 Å². The summed E-state index contributed by atoms with van der Waals surface area (Å²) in [6, 6.07) is 16.6. The van der Waals surface area contributed by atoms with Crippen LogP contribution in [0.3, 0.4) is 0 Å². The number of thioether (sulfide) groups is 1. The summed E-state index contributed by atoms with van der Waals surface area (Å²) in [4.78, 5) is 25.0. The summed E-state index contributed by atoms with van der Waals surface area (Å²) >= 11 is 12.3. The molecule has 2 heterocycles. The van der Waals surface area contributed by atoms with E-state index in [0.717, 1.165) is 17.3 Å². The molecule has 4 rings (SSSR count). The van der Waals surface area contributed by atoms with Gasteiger partial charge in [-0.1, -0.05) is 41.6 Å². The van der Waals surface area contributed by atoms with Crippen LogP contribution in [0.1, 0.15) is 5.76 Å². The highest BCUT2D eigenvalue weighted by molar-refractivity contribution is 8.27. The van der Waals surface area contributed by atoms with Gasteiger partial charge in [0, 0.05) is 28.8 Å². The number of amides is 1. The van der Waals surface area contributed by atoms with Crippen molar-refractivity contribution in [2.75, 3.05) is 4.90 Å². The van der Waals surface area contributed by atoms with Gasteiger partial charge in [0.2, 0.25) is 0 Å². The number of furan rings is 1. The van der Waals surface area contributed by atoms with Gasteiger partial charge in [-0.05, 0) is 42.5 Å². The van der Waals surface area contributed by atoms with Crippen molar-refractivity contribution in [3.05, 3.63) is 86.5 Å². The molecule has 0 unspecified atom stereocenters. The highest BCUT2D eigenvalue weighted by Gasteiger charge is 2.34. The zero-order valence-corrected chi connectivity index (χ0v) is 17.0. The van der Waals surface area contributed by atoms with Gasteiger partial charge in [-0.25, -0.2) is 0 Å². The Labute approximate surface area is 179 Å². The smallest absolute Gasteiger partial charge is 0.271 e. The molecule has 1 aromatic heterocycles. The fourth-order valence-electron chi connectivity index (χ4n) is 2.76. The number of halogens is 1. The largest absolute Gasteiger partial charge is 0.457 e. The lowest BCUT2D eigenvalue weighted by molar-refractivity contribution is -0.384. The number of rotatable bonds is 4. The molecule has 0 radical (unpaired) electrons. The molecule has 3 aromatic rings. The van der Waals surface area contributed by atoms with Gasteiger partial charge in [0.15, 0.2) is 4.32 Å². The number of thiocarbonyl (C=S) groups is 1. The first kappa shape index (κ1) is 19.4. The number of hydrogen-bond acceptors (Lipinski definition) is 6. The first-order valence-corrected chi connectivity index (χ1v) is 9.91. The Morgan fingerprint density at radius 3 is 2.62 bits per heavy atom. The van der Waals surface area contributed by atoms with Crippen LogP contribution in [0.15, 0.2) is 70.0 Å². The highest BCUT2D eigenvalue weighted by atomic mass is 35.5. The van der Waals surface area contributed by atoms with Gasteiger partial charge in [0.1, 0.15) is 11.5 Å². The van der Waals surface area contributed by atoms with Crippen LogP contribution in [0.2, 0.25) is 5.02 Å². The summed E-state index contributed by atoms with van der Waals surface area (Å²) in [6.45, 7) is 0. The molecule has 0 aliphatic carbocycles. The number of non-ortho nitro benzene ring substituents is 1. The summed E-state index contributed by atoms with van der Waals surface area (Å²) in [5, 5.41) is 11.6. The van der Waals surface area contributed by atoms with E-state index in [1.807, 2.05) is 12.1 Å². The van der Waals surface area contributed by atoms with E-state index in [1.165, 1.54) is 23.1 Å². The van der Waals surface area contributed by atoms with Crippen LogP contribution in [-0.4, -0.2) is 15.2 Å². The van der Waals surface area contributed by atoms with Crippen LogP contribution < -0.4 is 4.90 Å². The minimum absolute atomic E-state index is 0.112. The number of nitrogens with zero attached hydrogens (tertiary/aromatic N) is 2. The average Bonchev–Trinajstić information content (AvgIpc) is 3.27. The van der Waals surface area contributed by atoms with Crippen LogP contribution in [0.25, 0.3) is 17.4 Å². The van der Waals surface area contributed by atoms with Gasteiger partial charge < -0.3 is 4.42 Å². The van der Waals surface area contributed by atoms with Gasteiger partial charge in [0.05, 0.1) is 15.5 Å². The van der Waals surface area contributed by atoms with Crippen molar-refractivity contribution in [1.29, 1.82) is 0 Å². The first-order valence-electron chi connectivity index (χ1n) is 8.30. The van der Waals surface area contributed by atoms with Crippen molar-refractivity contribution in [2.45, 2.75) is 0 Å². The third kappa shape index (κ3) is 3.95. The van der Waals surface area contributed by atoms with E-state index in [1.54, 1.807) is 36.4 Å². The van der Waals surface area contributed by atoms with Gasteiger partial charge >= 0.3 is 0 Å². The van der Waals surface area contributed by atoms with Crippen LogP contribution in [0.4, 0.5) is 11.4 Å². The Morgan fingerprint density at radius 1 is 1.14 bits per heavy atom. The third-order valence-corrected chi connectivity index (χ3v) is 5.68. The Balaban J connectivity index is 1.60. The molecule has 1 fully saturated rings. The minimum Gasteiger partial charge on any atom is -0.457 e. The Bertz CT molecular complexity index is 1170. The Morgan fingerprint density at radius 2 is 1.90 bits per heavy atom. The first-order chi connectivity index (χ1) is 13.9. The molecule has 0 bridgehead atoms. The summed E-state index contributed by atoms with van der Waals surface area (Å²) in [5.74, 6) is 0.779. The number of carbonyl (C=O) groups is 1. The number of nitro benzene ring substituents is 1. The van der Waals surface area contributed by atoms with Gasteiger partial charge in [0.25, 0.3) is 11.6 Å². The van der Waals surface area contributed by atoms with Crippen LogP contribution >= 0.6 is 35.6 Å². The predicted molar refractivity (Wildman–Crippen MR) is 118 cm³/mol. The van der Waals surface area contributed by atoms with E-state index in [4.69, 9.17) is 28.2 Å². The molecule has 0 N–H and O–H groups in total. The van der Waals surface area contributed by atoms with E-state index in [-0.39, 0.29) is 11.6 Å². The standard InChI is InChI=1S/C20H11ClN2O4S2/c21-13-6-4-12(5-7-13)17-9-8-16(27-17)11-18-19(24)22(20(28)29-18)14-2-1-3-15(10-14)23(25)26/h1-11H/b18-11-. The highest BCUT2D eigenvalue weighted by Crippen LogP contribution is 2.37. The molecule has 0 spiro atoms. The zero-order chi connectivity index (χ0) is 20.5. The Hall–Kier alpha value is -2.94. The van der Waals surface area contributed by atoms with Gasteiger partial charge in [-0.15, -0.1) is 0 Å². The molecular weight excluding hydrogens is 432 g/mol.